The lowest BCUT2D eigenvalue weighted by Gasteiger charge is -2.07. The molecule has 21 heavy (non-hydrogen) atoms. The van der Waals surface area contributed by atoms with Crippen LogP contribution in [0.15, 0.2) is 53.6 Å². The summed E-state index contributed by atoms with van der Waals surface area (Å²) in [5.74, 6) is 0. The molecule has 0 amide bonds. The van der Waals surface area contributed by atoms with E-state index in [9.17, 15) is 4.79 Å². The third-order valence-electron chi connectivity index (χ3n) is 3.22. The molecule has 0 spiro atoms. The van der Waals surface area contributed by atoms with Crippen LogP contribution < -0.4 is 5.56 Å². The molecule has 0 saturated carbocycles. The van der Waals surface area contributed by atoms with Crippen LogP contribution in [0.1, 0.15) is 11.1 Å². The summed E-state index contributed by atoms with van der Waals surface area (Å²) in [4.78, 5) is 16.8. The molecule has 2 aromatic carbocycles. The van der Waals surface area contributed by atoms with E-state index in [0.717, 1.165) is 9.13 Å². The monoisotopic (exact) mass is 387 g/mol. The molecule has 0 saturated heterocycles. The number of hydrogen-bond donors (Lipinski definition) is 0. The van der Waals surface area contributed by atoms with Crippen molar-refractivity contribution in [3.05, 3.63) is 73.8 Å². The highest BCUT2D eigenvalue weighted by Gasteiger charge is 2.05. The Bertz CT molecular complexity index is 907. The number of aromatic nitrogens is 2. The van der Waals surface area contributed by atoms with Crippen LogP contribution in [0.4, 0.5) is 0 Å². The summed E-state index contributed by atoms with van der Waals surface area (Å²) in [5, 5.41) is 9.41. The van der Waals surface area contributed by atoms with Gasteiger partial charge in [-0.05, 0) is 58.5 Å². The van der Waals surface area contributed by atoms with Crippen LogP contribution in [0, 0.1) is 14.9 Å². The van der Waals surface area contributed by atoms with Gasteiger partial charge in [0.05, 0.1) is 35.4 Å². The molecule has 0 unspecified atom stereocenters. The smallest absolute Gasteiger partial charge is 0.261 e. The van der Waals surface area contributed by atoms with Gasteiger partial charge in [-0.3, -0.25) is 9.36 Å². The quantitative estimate of drug-likeness (QED) is 0.636. The fraction of sp³-hybridized carbons (Fsp3) is 0.0625. The summed E-state index contributed by atoms with van der Waals surface area (Å²) < 4.78 is 2.59. The standard InChI is InChI=1S/C16H10IN3O/c17-13-5-6-15-14(7-13)16(21)20(10-19-15)9-12-3-1-11(8-18)2-4-12/h1-7,10H,9H2. The Kier molecular flexibility index (Phi) is 3.71. The average Bonchev–Trinajstić information content (AvgIpc) is 2.51. The van der Waals surface area contributed by atoms with E-state index in [0.29, 0.717) is 23.0 Å². The zero-order valence-corrected chi connectivity index (χ0v) is 13.1. The van der Waals surface area contributed by atoms with E-state index >= 15 is 0 Å². The highest BCUT2D eigenvalue weighted by molar-refractivity contribution is 14.1. The molecule has 3 aromatic rings. The molecule has 0 radical (unpaired) electrons. The normalized spacial score (nSPS) is 10.5. The Morgan fingerprint density at radius 1 is 1.19 bits per heavy atom. The van der Waals surface area contributed by atoms with Gasteiger partial charge in [-0.1, -0.05) is 12.1 Å². The van der Waals surface area contributed by atoms with Gasteiger partial charge >= 0.3 is 0 Å². The predicted octanol–water partition coefficient (Wildman–Crippen LogP) is 2.92. The minimum absolute atomic E-state index is 0.0529. The molecule has 0 atom stereocenters. The molecule has 0 aliphatic heterocycles. The Labute approximate surface area is 134 Å². The first-order valence-corrected chi connectivity index (χ1v) is 7.39. The van der Waals surface area contributed by atoms with Crippen molar-refractivity contribution >= 4 is 33.5 Å². The predicted molar refractivity (Wildman–Crippen MR) is 89.0 cm³/mol. The number of benzene rings is 2. The van der Waals surface area contributed by atoms with Crippen LogP contribution in [0.3, 0.4) is 0 Å². The van der Waals surface area contributed by atoms with E-state index < -0.39 is 0 Å². The zero-order chi connectivity index (χ0) is 14.8. The molecule has 1 heterocycles. The van der Waals surface area contributed by atoms with Crippen molar-refractivity contribution in [3.8, 4) is 6.07 Å². The van der Waals surface area contributed by atoms with E-state index in [4.69, 9.17) is 5.26 Å². The molecule has 4 nitrogen and oxygen atoms in total. The second-order valence-corrected chi connectivity index (χ2v) is 5.89. The molecule has 0 bridgehead atoms. The van der Waals surface area contributed by atoms with Gasteiger partial charge in [-0.2, -0.15) is 5.26 Å². The number of halogens is 1. The second kappa shape index (κ2) is 5.66. The lowest BCUT2D eigenvalue weighted by molar-refractivity contribution is 0.748. The Hall–Kier alpha value is -2.20. The first-order chi connectivity index (χ1) is 10.2. The summed E-state index contributed by atoms with van der Waals surface area (Å²) in [5.41, 5.74) is 2.22. The van der Waals surface area contributed by atoms with Crippen molar-refractivity contribution in [1.29, 1.82) is 5.26 Å². The van der Waals surface area contributed by atoms with Gasteiger partial charge in [-0.15, -0.1) is 0 Å². The summed E-state index contributed by atoms with van der Waals surface area (Å²) in [6, 6.07) is 14.9. The van der Waals surface area contributed by atoms with Crippen molar-refractivity contribution in [2.45, 2.75) is 6.54 Å². The molecule has 1 aromatic heterocycles. The number of fused-ring (bicyclic) bond motifs is 1. The highest BCUT2D eigenvalue weighted by atomic mass is 127. The van der Waals surface area contributed by atoms with Gasteiger partial charge in [0, 0.05) is 3.57 Å². The fourth-order valence-electron chi connectivity index (χ4n) is 2.13. The van der Waals surface area contributed by atoms with Gasteiger partial charge < -0.3 is 0 Å². The van der Waals surface area contributed by atoms with Crippen molar-refractivity contribution in [2.75, 3.05) is 0 Å². The maximum Gasteiger partial charge on any atom is 0.261 e. The number of nitriles is 1. The molecule has 3 rings (SSSR count). The van der Waals surface area contributed by atoms with E-state index in [1.165, 1.54) is 0 Å². The third-order valence-corrected chi connectivity index (χ3v) is 3.89. The van der Waals surface area contributed by atoms with Gasteiger partial charge in [0.25, 0.3) is 5.56 Å². The van der Waals surface area contributed by atoms with Crippen molar-refractivity contribution in [3.63, 3.8) is 0 Å². The lowest BCUT2D eigenvalue weighted by Crippen LogP contribution is -2.21. The molecule has 5 heteroatoms. The molecular weight excluding hydrogens is 377 g/mol. The fourth-order valence-corrected chi connectivity index (χ4v) is 2.62. The topological polar surface area (TPSA) is 58.7 Å². The minimum atomic E-state index is -0.0529. The van der Waals surface area contributed by atoms with Gasteiger partial charge in [0.15, 0.2) is 0 Å². The second-order valence-electron chi connectivity index (χ2n) is 4.65. The van der Waals surface area contributed by atoms with Crippen LogP contribution in [-0.4, -0.2) is 9.55 Å². The minimum Gasteiger partial charge on any atom is -0.294 e. The summed E-state index contributed by atoms with van der Waals surface area (Å²) in [7, 11) is 0. The average molecular weight is 387 g/mol. The molecule has 0 N–H and O–H groups in total. The van der Waals surface area contributed by atoms with Gasteiger partial charge in [-0.25, -0.2) is 4.98 Å². The van der Waals surface area contributed by atoms with Crippen LogP contribution in [0.2, 0.25) is 0 Å². The zero-order valence-electron chi connectivity index (χ0n) is 11.0. The third kappa shape index (κ3) is 2.81. The molecular formula is C16H10IN3O. The Morgan fingerprint density at radius 2 is 1.95 bits per heavy atom. The first kappa shape index (κ1) is 13.8. The van der Waals surface area contributed by atoms with Crippen LogP contribution in [-0.2, 0) is 6.54 Å². The molecule has 102 valence electrons. The summed E-state index contributed by atoms with van der Waals surface area (Å²) >= 11 is 2.18. The lowest BCUT2D eigenvalue weighted by atomic mass is 10.1. The highest BCUT2D eigenvalue weighted by Crippen LogP contribution is 2.12. The van der Waals surface area contributed by atoms with E-state index in [2.05, 4.69) is 33.6 Å². The van der Waals surface area contributed by atoms with Gasteiger partial charge in [0.2, 0.25) is 0 Å². The Balaban J connectivity index is 2.02. The van der Waals surface area contributed by atoms with Crippen molar-refractivity contribution in [2.24, 2.45) is 0 Å². The number of rotatable bonds is 2. The first-order valence-electron chi connectivity index (χ1n) is 6.31. The van der Waals surface area contributed by atoms with Crippen molar-refractivity contribution < 1.29 is 0 Å². The number of nitrogens with zero attached hydrogens (tertiary/aromatic N) is 3. The number of hydrogen-bond acceptors (Lipinski definition) is 3. The SMILES string of the molecule is N#Cc1ccc(Cn2cnc3ccc(I)cc3c2=O)cc1. The summed E-state index contributed by atoms with van der Waals surface area (Å²) in [6.07, 6.45) is 1.57. The molecule has 0 aliphatic carbocycles. The summed E-state index contributed by atoms with van der Waals surface area (Å²) in [6.45, 7) is 0.443. The van der Waals surface area contributed by atoms with Crippen LogP contribution >= 0.6 is 22.6 Å². The molecule has 0 aliphatic rings. The van der Waals surface area contributed by atoms with E-state index in [-0.39, 0.29) is 5.56 Å². The Morgan fingerprint density at radius 3 is 2.67 bits per heavy atom. The van der Waals surface area contributed by atoms with E-state index in [1.54, 1.807) is 23.0 Å². The maximum atomic E-state index is 12.5. The van der Waals surface area contributed by atoms with Crippen molar-refractivity contribution in [1.82, 2.24) is 9.55 Å². The molecule has 0 fully saturated rings. The maximum absolute atomic E-state index is 12.5. The van der Waals surface area contributed by atoms with Crippen LogP contribution in [0.25, 0.3) is 10.9 Å². The van der Waals surface area contributed by atoms with E-state index in [1.807, 2.05) is 30.3 Å². The largest absolute Gasteiger partial charge is 0.294 e. The van der Waals surface area contributed by atoms with Gasteiger partial charge in [0.1, 0.15) is 0 Å². The van der Waals surface area contributed by atoms with Crippen LogP contribution in [0.5, 0.6) is 0 Å².